The van der Waals surface area contributed by atoms with Crippen LogP contribution in [0.3, 0.4) is 0 Å². The lowest BCUT2D eigenvalue weighted by molar-refractivity contribution is -0.130. The molecule has 0 unspecified atom stereocenters. The lowest BCUT2D eigenvalue weighted by atomic mass is 9.89. The fourth-order valence-corrected chi connectivity index (χ4v) is 4.40. The van der Waals surface area contributed by atoms with Crippen molar-refractivity contribution in [3.63, 3.8) is 0 Å². The Morgan fingerprint density at radius 2 is 1.56 bits per heavy atom. The predicted octanol–water partition coefficient (Wildman–Crippen LogP) is 3.30. The highest BCUT2D eigenvalue weighted by atomic mass is 16.2. The fraction of sp³-hybridized carbons (Fsp3) is 0.621. The number of anilines is 1. The van der Waals surface area contributed by atoms with Crippen LogP contribution in [0.4, 0.5) is 5.95 Å². The first-order valence-electron chi connectivity index (χ1n) is 13.1. The first kappa shape index (κ1) is 35.4. The van der Waals surface area contributed by atoms with Gasteiger partial charge in [0.05, 0.1) is 5.69 Å². The molecule has 39 heavy (non-hydrogen) atoms. The van der Waals surface area contributed by atoms with Gasteiger partial charge in [-0.05, 0) is 52.9 Å². The third-order valence-electron chi connectivity index (χ3n) is 5.94. The van der Waals surface area contributed by atoms with E-state index in [-0.39, 0.29) is 16.9 Å². The molecule has 0 bridgehead atoms. The number of primary amides is 1. The van der Waals surface area contributed by atoms with Gasteiger partial charge in [-0.25, -0.2) is 9.97 Å². The van der Waals surface area contributed by atoms with Crippen molar-refractivity contribution in [1.82, 2.24) is 29.8 Å². The summed E-state index contributed by atoms with van der Waals surface area (Å²) in [5.41, 5.74) is 12.0. The summed E-state index contributed by atoms with van der Waals surface area (Å²) in [6, 6.07) is 3.10. The van der Waals surface area contributed by atoms with Gasteiger partial charge in [0, 0.05) is 49.0 Å². The molecule has 2 aromatic rings. The van der Waals surface area contributed by atoms with Crippen LogP contribution >= 0.6 is 0 Å². The lowest BCUT2D eigenvalue weighted by Crippen LogP contribution is -2.48. The molecule has 1 aliphatic heterocycles. The summed E-state index contributed by atoms with van der Waals surface area (Å²) >= 11 is 0. The van der Waals surface area contributed by atoms with E-state index in [1.165, 1.54) is 38.9 Å². The molecular formula is C29H48N8O2. The third-order valence-corrected chi connectivity index (χ3v) is 5.94. The van der Waals surface area contributed by atoms with Crippen molar-refractivity contribution in [3.05, 3.63) is 18.1 Å². The Morgan fingerprint density at radius 1 is 1.03 bits per heavy atom. The lowest BCUT2D eigenvalue weighted by Gasteiger charge is -2.37. The zero-order valence-corrected chi connectivity index (χ0v) is 24.8. The van der Waals surface area contributed by atoms with E-state index in [9.17, 15) is 9.59 Å². The van der Waals surface area contributed by atoms with Crippen LogP contribution in [0.5, 0.6) is 0 Å². The molecular weight excluding hydrogens is 492 g/mol. The maximum absolute atomic E-state index is 11.7. The van der Waals surface area contributed by atoms with E-state index in [4.69, 9.17) is 5.73 Å². The summed E-state index contributed by atoms with van der Waals surface area (Å²) in [4.78, 5) is 31.0. The normalized spacial score (nSPS) is 18.6. The molecule has 4 rings (SSSR count). The Bertz CT molecular complexity index is 1060. The van der Waals surface area contributed by atoms with Gasteiger partial charge >= 0.3 is 0 Å². The predicted molar refractivity (Wildman–Crippen MR) is 158 cm³/mol. The first-order valence-corrected chi connectivity index (χ1v) is 13.1. The second kappa shape index (κ2) is 16.4. The van der Waals surface area contributed by atoms with Gasteiger partial charge in [0.1, 0.15) is 6.33 Å². The molecule has 2 amide bonds. The highest BCUT2D eigenvalue weighted by molar-refractivity contribution is 5.78. The average molecular weight is 541 g/mol. The Labute approximate surface area is 234 Å². The van der Waals surface area contributed by atoms with E-state index < -0.39 is 0 Å². The van der Waals surface area contributed by atoms with E-state index in [1.807, 2.05) is 6.07 Å². The standard InChI is InChI=1S/C14H26N2O.C9H13N5.C2H5NO.2C2H2/c1-14(2,3)15-11-6-8-12(9-7-11)16-10-4-5-13(16)17;1-9(2,3)6-4-7-11-5-12-8(10)14(7)13-6;1-2(3)4;2*1-2/h11-12,15H,4-10H2,1-3H3;4-5H,1-3H3,(H2,10,11,12);1H3,(H2,3,4);2*1-2H. The molecule has 1 saturated heterocycles. The number of likely N-dealkylation sites (tertiary alicyclic amines) is 1. The van der Waals surface area contributed by atoms with Gasteiger partial charge in [0.25, 0.3) is 0 Å². The zero-order valence-electron chi connectivity index (χ0n) is 24.8. The second-order valence-electron chi connectivity index (χ2n) is 11.5. The number of fused-ring (bicyclic) bond motifs is 1. The van der Waals surface area contributed by atoms with Crippen LogP contribution in [0, 0.1) is 25.7 Å². The number of nitrogens with one attached hydrogen (secondary N) is 1. The highest BCUT2D eigenvalue weighted by Gasteiger charge is 2.32. The van der Waals surface area contributed by atoms with Gasteiger partial charge < -0.3 is 21.7 Å². The van der Waals surface area contributed by atoms with Crippen molar-refractivity contribution in [2.24, 2.45) is 5.73 Å². The largest absolute Gasteiger partial charge is 0.370 e. The molecule has 0 radical (unpaired) electrons. The van der Waals surface area contributed by atoms with Crippen LogP contribution in [0.2, 0.25) is 0 Å². The number of nitrogens with two attached hydrogens (primary N) is 2. The molecule has 2 aromatic heterocycles. The van der Waals surface area contributed by atoms with Gasteiger partial charge in [-0.2, -0.15) is 9.61 Å². The number of amides is 2. The van der Waals surface area contributed by atoms with Gasteiger partial charge in [-0.1, -0.05) is 20.8 Å². The summed E-state index contributed by atoms with van der Waals surface area (Å²) in [7, 11) is 0. The number of nitrogens with zero attached hydrogens (tertiary/aromatic N) is 5. The molecule has 2 fully saturated rings. The van der Waals surface area contributed by atoms with Crippen LogP contribution in [-0.4, -0.2) is 60.5 Å². The number of rotatable bonds is 2. The van der Waals surface area contributed by atoms with Crippen LogP contribution < -0.4 is 16.8 Å². The molecule has 2 aliphatic rings. The summed E-state index contributed by atoms with van der Waals surface area (Å²) in [6.07, 6.45) is 24.1. The van der Waals surface area contributed by atoms with E-state index in [0.29, 0.717) is 23.9 Å². The minimum absolute atomic E-state index is 0.000139. The van der Waals surface area contributed by atoms with Crippen LogP contribution in [-0.2, 0) is 15.0 Å². The number of carbonyl (C=O) groups is 2. The van der Waals surface area contributed by atoms with Crippen molar-refractivity contribution in [3.8, 4) is 25.7 Å². The van der Waals surface area contributed by atoms with Crippen LogP contribution in [0.15, 0.2) is 12.4 Å². The molecule has 3 heterocycles. The monoisotopic (exact) mass is 540 g/mol. The van der Waals surface area contributed by atoms with Crippen LogP contribution in [0.25, 0.3) is 5.65 Å². The van der Waals surface area contributed by atoms with Crippen molar-refractivity contribution in [2.75, 3.05) is 12.3 Å². The third kappa shape index (κ3) is 12.6. The maximum atomic E-state index is 11.7. The number of hydrogen-bond acceptors (Lipinski definition) is 7. The van der Waals surface area contributed by atoms with E-state index in [1.54, 1.807) is 4.52 Å². The number of aromatic nitrogens is 4. The zero-order chi connectivity index (χ0) is 30.4. The molecule has 0 aromatic carbocycles. The second-order valence-corrected chi connectivity index (χ2v) is 11.5. The quantitative estimate of drug-likeness (QED) is 0.496. The van der Waals surface area contributed by atoms with Crippen molar-refractivity contribution in [1.29, 1.82) is 0 Å². The minimum atomic E-state index is -0.333. The smallest absolute Gasteiger partial charge is 0.224 e. The molecule has 0 atom stereocenters. The number of carbonyl (C=O) groups excluding carboxylic acids is 2. The van der Waals surface area contributed by atoms with Gasteiger partial charge in [-0.3, -0.25) is 9.59 Å². The number of hydrogen-bond donors (Lipinski definition) is 3. The van der Waals surface area contributed by atoms with Crippen molar-refractivity contribution in [2.45, 2.75) is 110 Å². The van der Waals surface area contributed by atoms with Gasteiger partial charge in [-0.15, -0.1) is 25.7 Å². The summed E-state index contributed by atoms with van der Waals surface area (Å²) in [5.74, 6) is 0.419. The fourth-order valence-electron chi connectivity index (χ4n) is 4.40. The molecule has 0 spiro atoms. The van der Waals surface area contributed by atoms with Crippen LogP contribution in [0.1, 0.15) is 92.7 Å². The minimum Gasteiger partial charge on any atom is -0.370 e. The summed E-state index contributed by atoms with van der Waals surface area (Å²) in [6.45, 7) is 15.3. The molecule has 1 saturated carbocycles. The Hall–Kier alpha value is -3.63. The first-order chi connectivity index (χ1) is 18.2. The molecule has 1 aliphatic carbocycles. The average Bonchev–Trinajstić information content (AvgIpc) is 3.49. The SMILES string of the molecule is C#C.C#C.CC(C)(C)NC1CCC(N2CCCC2=O)CC1.CC(C)(C)c1cc2ncnc(N)n2n1.CC(N)=O. The van der Waals surface area contributed by atoms with E-state index in [2.05, 4.69) is 98.3 Å². The Kier molecular flexibility index (Phi) is 14.8. The Balaban J connectivity index is 0.000000592. The van der Waals surface area contributed by atoms with Crippen molar-refractivity contribution < 1.29 is 9.59 Å². The van der Waals surface area contributed by atoms with Crippen molar-refractivity contribution >= 4 is 23.4 Å². The van der Waals surface area contributed by atoms with Gasteiger partial charge in [0.15, 0.2) is 5.65 Å². The van der Waals surface area contributed by atoms with E-state index in [0.717, 1.165) is 30.7 Å². The molecule has 5 N–H and O–H groups in total. The number of terminal acetylenes is 2. The molecule has 216 valence electrons. The molecule has 10 nitrogen and oxygen atoms in total. The van der Waals surface area contributed by atoms with E-state index >= 15 is 0 Å². The maximum Gasteiger partial charge on any atom is 0.224 e. The summed E-state index contributed by atoms with van der Waals surface area (Å²) < 4.78 is 1.56. The van der Waals surface area contributed by atoms with Gasteiger partial charge in [0.2, 0.25) is 17.8 Å². The molecule has 10 heteroatoms. The number of nitrogen functional groups attached to an aromatic ring is 1. The summed E-state index contributed by atoms with van der Waals surface area (Å²) in [5, 5.41) is 8.03. The highest BCUT2D eigenvalue weighted by Crippen LogP contribution is 2.27. The topological polar surface area (TPSA) is 145 Å². The Morgan fingerprint density at radius 3 is 1.97 bits per heavy atom.